The Hall–Kier alpha value is -1.52. The third-order valence-corrected chi connectivity index (χ3v) is 8.10. The fraction of sp³-hybridized carbons (Fsp3) is 0.571. The summed E-state index contributed by atoms with van der Waals surface area (Å²) < 4.78 is 89.1. The SMILES string of the molecule is FC(F)(F)C(CN1CCCC(c2ccc(Cl)cc2)C1)OC(CN1CCCC(c2ccc(Cl)cc2)C1)C(F)(F)F. The molecule has 2 aromatic carbocycles. The summed E-state index contributed by atoms with van der Waals surface area (Å²) in [6.45, 7) is 0.0602. The zero-order valence-corrected chi connectivity index (χ0v) is 22.8. The Morgan fingerprint density at radius 1 is 0.667 bits per heavy atom. The lowest BCUT2D eigenvalue weighted by Gasteiger charge is -2.39. The van der Waals surface area contributed by atoms with Gasteiger partial charge in [-0.05, 0) is 86.0 Å². The topological polar surface area (TPSA) is 15.7 Å². The van der Waals surface area contributed by atoms with E-state index in [-0.39, 0.29) is 11.8 Å². The third kappa shape index (κ3) is 8.73. The highest BCUT2D eigenvalue weighted by atomic mass is 35.5. The predicted molar refractivity (Wildman–Crippen MR) is 141 cm³/mol. The highest BCUT2D eigenvalue weighted by Gasteiger charge is 2.50. The van der Waals surface area contributed by atoms with Crippen molar-refractivity contribution in [3.05, 3.63) is 69.7 Å². The summed E-state index contributed by atoms with van der Waals surface area (Å²) in [6, 6.07) is 14.3. The Labute approximate surface area is 235 Å². The quantitative estimate of drug-likeness (QED) is 0.288. The lowest BCUT2D eigenvalue weighted by molar-refractivity contribution is -0.290. The van der Waals surface area contributed by atoms with Crippen LogP contribution in [0.1, 0.15) is 48.6 Å². The van der Waals surface area contributed by atoms with Gasteiger partial charge in [-0.2, -0.15) is 26.3 Å². The summed E-state index contributed by atoms with van der Waals surface area (Å²) in [5.41, 5.74) is 1.89. The van der Waals surface area contributed by atoms with Crippen molar-refractivity contribution in [3.8, 4) is 0 Å². The Kier molecular flexibility index (Phi) is 10.1. The summed E-state index contributed by atoms with van der Waals surface area (Å²) >= 11 is 11.9. The molecule has 2 aliphatic heterocycles. The molecule has 0 aliphatic carbocycles. The Balaban J connectivity index is 1.42. The number of hydrogen-bond acceptors (Lipinski definition) is 3. The van der Waals surface area contributed by atoms with E-state index in [2.05, 4.69) is 0 Å². The van der Waals surface area contributed by atoms with Crippen LogP contribution in [-0.2, 0) is 4.74 Å². The lowest BCUT2D eigenvalue weighted by Crippen LogP contribution is -2.52. The van der Waals surface area contributed by atoms with Gasteiger partial charge in [0.05, 0.1) is 0 Å². The van der Waals surface area contributed by atoms with E-state index in [1.165, 1.54) is 0 Å². The molecule has 0 spiro atoms. The van der Waals surface area contributed by atoms with Crippen molar-refractivity contribution in [3.63, 3.8) is 0 Å². The van der Waals surface area contributed by atoms with Gasteiger partial charge in [0.25, 0.3) is 0 Å². The lowest BCUT2D eigenvalue weighted by atomic mass is 9.90. The van der Waals surface area contributed by atoms with E-state index < -0.39 is 37.7 Å². The van der Waals surface area contributed by atoms with Crippen LogP contribution in [-0.4, -0.2) is 73.6 Å². The smallest absolute Gasteiger partial charge is 0.353 e. The molecule has 216 valence electrons. The molecule has 2 aliphatic rings. The van der Waals surface area contributed by atoms with Crippen LogP contribution in [0.2, 0.25) is 10.0 Å². The van der Waals surface area contributed by atoms with E-state index in [1.807, 2.05) is 24.3 Å². The molecule has 0 bridgehead atoms. The summed E-state index contributed by atoms with van der Waals surface area (Å²) in [6.07, 6.45) is -12.1. The number of benzene rings is 2. The number of ether oxygens (including phenoxy) is 1. The van der Waals surface area contributed by atoms with Gasteiger partial charge in [0.15, 0.2) is 12.2 Å². The molecular formula is C28H32Cl2F6N2O. The Bertz CT molecular complexity index is 965. The number of nitrogens with zero attached hydrogens (tertiary/aromatic N) is 2. The molecule has 0 radical (unpaired) electrons. The minimum absolute atomic E-state index is 0.0264. The van der Waals surface area contributed by atoms with Crippen molar-refractivity contribution >= 4 is 23.2 Å². The minimum Gasteiger partial charge on any atom is -0.353 e. The maximum atomic E-state index is 14.0. The van der Waals surface area contributed by atoms with Crippen LogP contribution in [0.3, 0.4) is 0 Å². The van der Waals surface area contributed by atoms with Crippen LogP contribution in [0.5, 0.6) is 0 Å². The second-order valence-electron chi connectivity index (χ2n) is 10.5. The van der Waals surface area contributed by atoms with Crippen LogP contribution >= 0.6 is 23.2 Å². The van der Waals surface area contributed by atoms with Crippen molar-refractivity contribution in [2.75, 3.05) is 39.3 Å². The van der Waals surface area contributed by atoms with Gasteiger partial charge in [0.1, 0.15) is 0 Å². The molecule has 2 fully saturated rings. The fourth-order valence-electron chi connectivity index (χ4n) is 5.57. The van der Waals surface area contributed by atoms with E-state index in [0.29, 0.717) is 49.1 Å². The van der Waals surface area contributed by atoms with Crippen LogP contribution < -0.4 is 0 Å². The first-order valence-electron chi connectivity index (χ1n) is 13.1. The van der Waals surface area contributed by atoms with Crippen LogP contribution in [0.15, 0.2) is 48.5 Å². The summed E-state index contributed by atoms with van der Waals surface area (Å²) in [7, 11) is 0. The minimum atomic E-state index is -4.94. The molecule has 2 heterocycles. The largest absolute Gasteiger partial charge is 0.415 e. The molecule has 0 aromatic heterocycles. The average molecular weight is 597 g/mol. The number of hydrogen-bond donors (Lipinski definition) is 0. The number of piperidine rings is 2. The standard InChI is InChI=1S/C28H32Cl2F6N2O/c29-23-9-5-19(6-10-23)21-3-1-13-37(15-21)17-25(27(31,32)33)39-26(28(34,35)36)18-38-14-2-4-22(16-38)20-7-11-24(30)12-8-20/h5-12,21-22,25-26H,1-4,13-18H2. The summed E-state index contributed by atoms with van der Waals surface area (Å²) in [4.78, 5) is 3.12. The second kappa shape index (κ2) is 13.0. The van der Waals surface area contributed by atoms with E-state index in [4.69, 9.17) is 27.9 Å². The van der Waals surface area contributed by atoms with Crippen LogP contribution in [0.4, 0.5) is 26.3 Å². The van der Waals surface area contributed by atoms with Gasteiger partial charge in [0.2, 0.25) is 0 Å². The van der Waals surface area contributed by atoms with Crippen molar-refractivity contribution < 1.29 is 31.1 Å². The van der Waals surface area contributed by atoms with E-state index in [9.17, 15) is 26.3 Å². The van der Waals surface area contributed by atoms with Crippen LogP contribution in [0, 0.1) is 0 Å². The monoisotopic (exact) mass is 596 g/mol. The van der Waals surface area contributed by atoms with Gasteiger partial charge < -0.3 is 4.74 Å². The Morgan fingerprint density at radius 2 is 1.03 bits per heavy atom. The zero-order valence-electron chi connectivity index (χ0n) is 21.3. The number of alkyl halides is 6. The second-order valence-corrected chi connectivity index (χ2v) is 11.4. The molecule has 2 aromatic rings. The third-order valence-electron chi connectivity index (χ3n) is 7.60. The predicted octanol–water partition coefficient (Wildman–Crippen LogP) is 7.93. The number of likely N-dealkylation sites (tertiary alicyclic amines) is 2. The average Bonchev–Trinajstić information content (AvgIpc) is 2.88. The molecule has 4 unspecified atom stereocenters. The first-order chi connectivity index (χ1) is 18.4. The number of halogens is 8. The maximum Gasteiger partial charge on any atom is 0.415 e. The van der Waals surface area contributed by atoms with Crippen molar-refractivity contribution in [2.45, 2.75) is 62.1 Å². The van der Waals surface area contributed by atoms with Crippen molar-refractivity contribution in [2.24, 2.45) is 0 Å². The van der Waals surface area contributed by atoms with Gasteiger partial charge in [0, 0.05) is 36.2 Å². The summed E-state index contributed by atoms with van der Waals surface area (Å²) in [5, 5.41) is 1.12. The molecule has 0 amide bonds. The van der Waals surface area contributed by atoms with Gasteiger partial charge in [-0.15, -0.1) is 0 Å². The highest BCUT2D eigenvalue weighted by molar-refractivity contribution is 6.30. The highest BCUT2D eigenvalue weighted by Crippen LogP contribution is 2.35. The van der Waals surface area contributed by atoms with Gasteiger partial charge in [-0.3, -0.25) is 9.80 Å². The van der Waals surface area contributed by atoms with Gasteiger partial charge >= 0.3 is 12.4 Å². The van der Waals surface area contributed by atoms with E-state index in [1.54, 1.807) is 34.1 Å². The molecule has 4 atom stereocenters. The fourth-order valence-corrected chi connectivity index (χ4v) is 5.82. The zero-order chi connectivity index (χ0) is 28.2. The first-order valence-corrected chi connectivity index (χ1v) is 13.9. The molecule has 0 N–H and O–H groups in total. The molecule has 4 rings (SSSR count). The number of rotatable bonds is 8. The molecular weight excluding hydrogens is 565 g/mol. The molecule has 2 saturated heterocycles. The van der Waals surface area contributed by atoms with Gasteiger partial charge in [-0.25, -0.2) is 0 Å². The first kappa shape index (κ1) is 30.4. The Morgan fingerprint density at radius 3 is 1.36 bits per heavy atom. The summed E-state index contributed by atoms with van der Waals surface area (Å²) in [5.74, 6) is -0.0528. The molecule has 11 heteroatoms. The maximum absolute atomic E-state index is 14.0. The molecule has 3 nitrogen and oxygen atoms in total. The van der Waals surface area contributed by atoms with Gasteiger partial charge in [-0.1, -0.05) is 47.5 Å². The van der Waals surface area contributed by atoms with E-state index >= 15 is 0 Å². The molecule has 39 heavy (non-hydrogen) atoms. The van der Waals surface area contributed by atoms with Crippen molar-refractivity contribution in [1.82, 2.24) is 9.80 Å². The van der Waals surface area contributed by atoms with Crippen LogP contribution in [0.25, 0.3) is 0 Å². The normalized spacial score (nSPS) is 23.5. The van der Waals surface area contributed by atoms with E-state index in [0.717, 1.165) is 24.0 Å². The molecule has 0 saturated carbocycles. The van der Waals surface area contributed by atoms with Crippen molar-refractivity contribution in [1.29, 1.82) is 0 Å².